The number of hydrogen-bond donors (Lipinski definition) is 1. The molecule has 106 valence electrons. The van der Waals surface area contributed by atoms with Crippen LogP contribution < -0.4 is 5.32 Å². The number of rotatable bonds is 1. The first-order valence-electron chi connectivity index (χ1n) is 7.89. The molecule has 0 bridgehead atoms. The van der Waals surface area contributed by atoms with Gasteiger partial charge in [-0.25, -0.2) is 0 Å². The van der Waals surface area contributed by atoms with Crippen LogP contribution in [-0.2, 0) is 4.74 Å². The third-order valence-corrected chi connectivity index (χ3v) is 4.53. The molecule has 1 atom stereocenters. The average molecular weight is 253 g/mol. The van der Waals surface area contributed by atoms with Crippen LogP contribution in [0.1, 0.15) is 72.1 Å². The van der Waals surface area contributed by atoms with Crippen molar-refractivity contribution in [3.8, 4) is 0 Å². The fourth-order valence-corrected chi connectivity index (χ4v) is 3.64. The molecule has 0 radical (unpaired) electrons. The van der Waals surface area contributed by atoms with E-state index >= 15 is 0 Å². The van der Waals surface area contributed by atoms with Crippen molar-refractivity contribution in [1.29, 1.82) is 0 Å². The van der Waals surface area contributed by atoms with Gasteiger partial charge in [0.2, 0.25) is 0 Å². The van der Waals surface area contributed by atoms with Crippen molar-refractivity contribution in [3.63, 3.8) is 0 Å². The van der Waals surface area contributed by atoms with E-state index < -0.39 is 0 Å². The zero-order chi connectivity index (χ0) is 13.1. The summed E-state index contributed by atoms with van der Waals surface area (Å²) in [6.45, 7) is 8.98. The molecule has 2 fully saturated rings. The molecule has 0 aromatic rings. The van der Waals surface area contributed by atoms with Gasteiger partial charge in [0.25, 0.3) is 0 Å². The largest absolute Gasteiger partial charge is 0.372 e. The molecular weight excluding hydrogens is 222 g/mol. The van der Waals surface area contributed by atoms with Crippen LogP contribution in [0.2, 0.25) is 0 Å². The maximum Gasteiger partial charge on any atom is 0.0835 e. The molecule has 2 heteroatoms. The highest BCUT2D eigenvalue weighted by Gasteiger charge is 2.42. The molecule has 2 aliphatic rings. The molecule has 1 saturated carbocycles. The molecule has 1 unspecified atom stereocenters. The molecule has 1 N–H and O–H groups in total. The van der Waals surface area contributed by atoms with E-state index in [9.17, 15) is 0 Å². The lowest BCUT2D eigenvalue weighted by Gasteiger charge is -2.47. The third-order valence-electron chi connectivity index (χ3n) is 4.53. The summed E-state index contributed by atoms with van der Waals surface area (Å²) in [6, 6.07) is 0.560. The van der Waals surface area contributed by atoms with E-state index in [4.69, 9.17) is 4.74 Å². The fourth-order valence-electron chi connectivity index (χ4n) is 3.64. The molecule has 2 nitrogen and oxygen atoms in total. The molecule has 1 saturated heterocycles. The van der Waals surface area contributed by atoms with Crippen LogP contribution in [0.4, 0.5) is 0 Å². The van der Waals surface area contributed by atoms with Crippen molar-refractivity contribution in [2.45, 2.75) is 83.8 Å². The Hall–Kier alpha value is -0.0800. The Morgan fingerprint density at radius 1 is 1.06 bits per heavy atom. The second kappa shape index (κ2) is 5.92. The summed E-state index contributed by atoms with van der Waals surface area (Å²) < 4.78 is 6.34. The second-order valence-electron chi connectivity index (χ2n) is 7.45. The first-order chi connectivity index (χ1) is 8.52. The normalized spacial score (nSPS) is 29.8. The predicted octanol–water partition coefficient (Wildman–Crippen LogP) is 3.89. The second-order valence-corrected chi connectivity index (χ2v) is 7.45. The monoisotopic (exact) mass is 253 g/mol. The Bertz CT molecular complexity index is 248. The SMILES string of the molecule is CC(C)(C)CC1NCCOC12CCCCCCC2. The lowest BCUT2D eigenvalue weighted by Crippen LogP contribution is -2.59. The third kappa shape index (κ3) is 3.71. The minimum Gasteiger partial charge on any atom is -0.372 e. The number of morpholine rings is 1. The van der Waals surface area contributed by atoms with Gasteiger partial charge in [-0.05, 0) is 24.7 Å². The maximum absolute atomic E-state index is 6.34. The Balaban J connectivity index is 2.08. The minimum atomic E-state index is 0.145. The summed E-state index contributed by atoms with van der Waals surface area (Å²) in [4.78, 5) is 0. The van der Waals surface area contributed by atoms with E-state index in [0.29, 0.717) is 11.5 Å². The number of hydrogen-bond acceptors (Lipinski definition) is 2. The van der Waals surface area contributed by atoms with Gasteiger partial charge in [0, 0.05) is 12.6 Å². The van der Waals surface area contributed by atoms with Gasteiger partial charge in [0.1, 0.15) is 0 Å². The first kappa shape index (κ1) is 14.3. The Morgan fingerprint density at radius 2 is 1.67 bits per heavy atom. The standard InChI is InChI=1S/C16H31NO/c1-15(2,3)13-14-16(18-12-11-17-14)9-7-5-4-6-8-10-16/h14,17H,4-13H2,1-3H3. The van der Waals surface area contributed by atoms with Crippen molar-refractivity contribution in [2.75, 3.05) is 13.2 Å². The number of ether oxygens (including phenoxy) is 1. The predicted molar refractivity (Wildman–Crippen MR) is 76.9 cm³/mol. The maximum atomic E-state index is 6.34. The zero-order valence-electron chi connectivity index (χ0n) is 12.6. The van der Waals surface area contributed by atoms with E-state index in [0.717, 1.165) is 13.2 Å². The molecule has 1 aliphatic carbocycles. The van der Waals surface area contributed by atoms with Gasteiger partial charge in [-0.1, -0.05) is 52.9 Å². The van der Waals surface area contributed by atoms with Crippen LogP contribution in [0.15, 0.2) is 0 Å². The number of nitrogens with one attached hydrogen (secondary N) is 1. The summed E-state index contributed by atoms with van der Waals surface area (Å²) in [5, 5.41) is 3.76. The molecule has 0 amide bonds. The minimum absolute atomic E-state index is 0.145. The molecule has 0 aromatic carbocycles. The molecule has 1 heterocycles. The van der Waals surface area contributed by atoms with Crippen LogP contribution in [0.25, 0.3) is 0 Å². The van der Waals surface area contributed by atoms with E-state index in [2.05, 4.69) is 26.1 Å². The van der Waals surface area contributed by atoms with Crippen LogP contribution in [0.5, 0.6) is 0 Å². The molecule has 0 aromatic heterocycles. The van der Waals surface area contributed by atoms with Crippen molar-refractivity contribution in [3.05, 3.63) is 0 Å². The molecule has 1 spiro atoms. The summed E-state index contributed by atoms with van der Waals surface area (Å²) in [7, 11) is 0. The summed E-state index contributed by atoms with van der Waals surface area (Å²) >= 11 is 0. The Labute approximate surface area is 113 Å². The van der Waals surface area contributed by atoms with Gasteiger partial charge < -0.3 is 10.1 Å². The highest BCUT2D eigenvalue weighted by molar-refractivity contribution is 4.98. The average Bonchev–Trinajstić information content (AvgIpc) is 2.24. The molecule has 1 aliphatic heterocycles. The fraction of sp³-hybridized carbons (Fsp3) is 1.00. The lowest BCUT2D eigenvalue weighted by atomic mass is 9.74. The Kier molecular flexibility index (Phi) is 4.71. The smallest absolute Gasteiger partial charge is 0.0835 e. The first-order valence-corrected chi connectivity index (χ1v) is 7.89. The van der Waals surface area contributed by atoms with Crippen molar-refractivity contribution < 1.29 is 4.74 Å². The van der Waals surface area contributed by atoms with Gasteiger partial charge in [-0.3, -0.25) is 0 Å². The molecule has 18 heavy (non-hydrogen) atoms. The van der Waals surface area contributed by atoms with Crippen LogP contribution in [0.3, 0.4) is 0 Å². The molecular formula is C16H31NO. The highest BCUT2D eigenvalue weighted by Crippen LogP contribution is 2.38. The van der Waals surface area contributed by atoms with E-state index in [1.165, 1.54) is 51.4 Å². The van der Waals surface area contributed by atoms with Gasteiger partial charge in [-0.15, -0.1) is 0 Å². The Morgan fingerprint density at radius 3 is 2.28 bits per heavy atom. The lowest BCUT2D eigenvalue weighted by molar-refractivity contribution is -0.118. The quantitative estimate of drug-likeness (QED) is 0.765. The van der Waals surface area contributed by atoms with E-state index in [1.54, 1.807) is 0 Å². The topological polar surface area (TPSA) is 21.3 Å². The van der Waals surface area contributed by atoms with Crippen molar-refractivity contribution in [1.82, 2.24) is 5.32 Å². The van der Waals surface area contributed by atoms with Crippen molar-refractivity contribution >= 4 is 0 Å². The van der Waals surface area contributed by atoms with Crippen LogP contribution in [-0.4, -0.2) is 24.8 Å². The van der Waals surface area contributed by atoms with Gasteiger partial charge >= 0.3 is 0 Å². The van der Waals surface area contributed by atoms with Crippen LogP contribution in [0, 0.1) is 5.41 Å². The summed E-state index contributed by atoms with van der Waals surface area (Å²) in [5.41, 5.74) is 0.527. The van der Waals surface area contributed by atoms with E-state index in [1.807, 2.05) is 0 Å². The summed E-state index contributed by atoms with van der Waals surface area (Å²) in [6.07, 6.45) is 10.7. The van der Waals surface area contributed by atoms with Gasteiger partial charge in [0.05, 0.1) is 12.2 Å². The van der Waals surface area contributed by atoms with Gasteiger partial charge in [-0.2, -0.15) is 0 Å². The zero-order valence-corrected chi connectivity index (χ0v) is 12.6. The summed E-state index contributed by atoms with van der Waals surface area (Å²) in [5.74, 6) is 0. The molecule has 2 rings (SSSR count). The van der Waals surface area contributed by atoms with E-state index in [-0.39, 0.29) is 5.60 Å². The van der Waals surface area contributed by atoms with Gasteiger partial charge in [0.15, 0.2) is 0 Å². The van der Waals surface area contributed by atoms with Crippen LogP contribution >= 0.6 is 0 Å². The van der Waals surface area contributed by atoms with Crippen molar-refractivity contribution in [2.24, 2.45) is 5.41 Å². The highest BCUT2D eigenvalue weighted by atomic mass is 16.5.